The van der Waals surface area contributed by atoms with E-state index in [1.807, 2.05) is 30.3 Å². The Morgan fingerprint density at radius 1 is 1.16 bits per heavy atom. The Bertz CT molecular complexity index is 530. The molecule has 6 heteroatoms. The number of carbonyl (C=O) groups is 1. The SMILES string of the molecule is O=C(CNc1ncc(Cl)cn1)NCc1ccccc1. The highest BCUT2D eigenvalue weighted by Crippen LogP contribution is 2.04. The molecule has 0 atom stereocenters. The van der Waals surface area contributed by atoms with E-state index in [4.69, 9.17) is 11.6 Å². The molecule has 0 spiro atoms. The summed E-state index contributed by atoms with van der Waals surface area (Å²) in [5.74, 6) is 0.252. The molecule has 2 rings (SSSR count). The molecule has 1 aromatic heterocycles. The molecule has 0 fully saturated rings. The lowest BCUT2D eigenvalue weighted by atomic mass is 10.2. The molecule has 0 saturated heterocycles. The summed E-state index contributed by atoms with van der Waals surface area (Å²) < 4.78 is 0. The number of rotatable bonds is 5. The lowest BCUT2D eigenvalue weighted by Gasteiger charge is -2.06. The van der Waals surface area contributed by atoms with Crippen LogP contribution >= 0.6 is 11.6 Å². The van der Waals surface area contributed by atoms with Gasteiger partial charge in [0, 0.05) is 6.54 Å². The van der Waals surface area contributed by atoms with E-state index >= 15 is 0 Å². The molecule has 2 aromatic rings. The van der Waals surface area contributed by atoms with Crippen molar-refractivity contribution in [3.63, 3.8) is 0 Å². The quantitative estimate of drug-likeness (QED) is 0.875. The number of benzene rings is 1. The van der Waals surface area contributed by atoms with Crippen LogP contribution in [-0.4, -0.2) is 22.4 Å². The summed E-state index contributed by atoms with van der Waals surface area (Å²) in [6.07, 6.45) is 2.94. The van der Waals surface area contributed by atoms with Gasteiger partial charge < -0.3 is 10.6 Å². The summed E-state index contributed by atoms with van der Waals surface area (Å²) in [7, 11) is 0. The van der Waals surface area contributed by atoms with E-state index in [2.05, 4.69) is 20.6 Å². The Labute approximate surface area is 116 Å². The summed E-state index contributed by atoms with van der Waals surface area (Å²) in [5, 5.41) is 6.07. The smallest absolute Gasteiger partial charge is 0.239 e. The van der Waals surface area contributed by atoms with Crippen LogP contribution in [-0.2, 0) is 11.3 Å². The van der Waals surface area contributed by atoms with Crippen LogP contribution in [0, 0.1) is 0 Å². The minimum atomic E-state index is -0.123. The monoisotopic (exact) mass is 276 g/mol. The molecule has 5 nitrogen and oxygen atoms in total. The molecule has 98 valence electrons. The molecule has 1 amide bonds. The van der Waals surface area contributed by atoms with Gasteiger partial charge in [-0.15, -0.1) is 0 Å². The first-order valence-electron chi connectivity index (χ1n) is 5.76. The molecule has 0 aliphatic rings. The molecule has 0 bridgehead atoms. The zero-order valence-corrected chi connectivity index (χ0v) is 10.9. The lowest BCUT2D eigenvalue weighted by Crippen LogP contribution is -2.29. The van der Waals surface area contributed by atoms with E-state index in [-0.39, 0.29) is 12.5 Å². The molecule has 0 unspecified atom stereocenters. The number of nitrogens with zero attached hydrogens (tertiary/aromatic N) is 2. The Morgan fingerprint density at radius 3 is 2.53 bits per heavy atom. The lowest BCUT2D eigenvalue weighted by molar-refractivity contribution is -0.119. The van der Waals surface area contributed by atoms with Gasteiger partial charge in [-0.2, -0.15) is 0 Å². The number of nitrogens with one attached hydrogen (secondary N) is 2. The van der Waals surface area contributed by atoms with E-state index in [1.165, 1.54) is 12.4 Å². The first-order chi connectivity index (χ1) is 9.24. The molecule has 0 aliphatic heterocycles. The van der Waals surface area contributed by atoms with Gasteiger partial charge in [-0.3, -0.25) is 4.79 Å². The first-order valence-corrected chi connectivity index (χ1v) is 6.14. The average molecular weight is 277 g/mol. The second-order valence-corrected chi connectivity index (χ2v) is 4.28. The van der Waals surface area contributed by atoms with Crippen molar-refractivity contribution in [1.82, 2.24) is 15.3 Å². The highest BCUT2D eigenvalue weighted by molar-refractivity contribution is 6.30. The van der Waals surface area contributed by atoms with Gasteiger partial charge in [0.25, 0.3) is 0 Å². The fraction of sp³-hybridized carbons (Fsp3) is 0.154. The highest BCUT2D eigenvalue weighted by atomic mass is 35.5. The van der Waals surface area contributed by atoms with Gasteiger partial charge in [0.2, 0.25) is 11.9 Å². The Morgan fingerprint density at radius 2 is 1.84 bits per heavy atom. The van der Waals surface area contributed by atoms with E-state index in [0.717, 1.165) is 5.56 Å². The number of halogens is 1. The van der Waals surface area contributed by atoms with Crippen molar-refractivity contribution in [2.75, 3.05) is 11.9 Å². The summed E-state index contributed by atoms with van der Waals surface area (Å²) in [5.41, 5.74) is 1.05. The van der Waals surface area contributed by atoms with E-state index in [1.54, 1.807) is 0 Å². The predicted octanol–water partition coefficient (Wildman–Crippen LogP) is 1.86. The fourth-order valence-corrected chi connectivity index (χ4v) is 1.52. The molecular weight excluding hydrogens is 264 g/mol. The second-order valence-electron chi connectivity index (χ2n) is 3.84. The van der Waals surface area contributed by atoms with Gasteiger partial charge in [-0.25, -0.2) is 9.97 Å². The van der Waals surface area contributed by atoms with Crippen molar-refractivity contribution < 1.29 is 4.79 Å². The maximum atomic E-state index is 11.6. The first kappa shape index (κ1) is 13.3. The number of amides is 1. The van der Waals surface area contributed by atoms with E-state index in [9.17, 15) is 4.79 Å². The van der Waals surface area contributed by atoms with Gasteiger partial charge in [0.05, 0.1) is 24.0 Å². The third-order valence-electron chi connectivity index (χ3n) is 2.36. The van der Waals surface area contributed by atoms with Crippen molar-refractivity contribution in [2.24, 2.45) is 0 Å². The Kier molecular flexibility index (Phi) is 4.69. The van der Waals surface area contributed by atoms with Crippen LogP contribution in [0.2, 0.25) is 5.02 Å². The van der Waals surface area contributed by atoms with Crippen LogP contribution in [0.4, 0.5) is 5.95 Å². The average Bonchev–Trinajstić information content (AvgIpc) is 2.45. The topological polar surface area (TPSA) is 66.9 Å². The number of hydrogen-bond acceptors (Lipinski definition) is 4. The number of hydrogen-bond donors (Lipinski definition) is 2. The summed E-state index contributed by atoms with van der Waals surface area (Å²) in [4.78, 5) is 19.5. The molecule has 1 aromatic carbocycles. The van der Waals surface area contributed by atoms with E-state index in [0.29, 0.717) is 17.5 Å². The number of anilines is 1. The second kappa shape index (κ2) is 6.70. The van der Waals surface area contributed by atoms with Gasteiger partial charge in [0.1, 0.15) is 0 Å². The molecule has 0 saturated carbocycles. The summed E-state index contributed by atoms with van der Waals surface area (Å²) in [6, 6.07) is 9.71. The van der Waals surface area contributed by atoms with Crippen LogP contribution in [0.3, 0.4) is 0 Å². The Hall–Kier alpha value is -2.14. The third-order valence-corrected chi connectivity index (χ3v) is 2.56. The van der Waals surface area contributed by atoms with Crippen LogP contribution in [0.1, 0.15) is 5.56 Å². The van der Waals surface area contributed by atoms with Gasteiger partial charge >= 0.3 is 0 Å². The standard InChI is InChI=1S/C13H13ClN4O/c14-11-7-16-13(17-8-11)18-9-12(19)15-6-10-4-2-1-3-5-10/h1-5,7-8H,6,9H2,(H,15,19)(H,16,17,18). The fourth-order valence-electron chi connectivity index (χ4n) is 1.42. The minimum absolute atomic E-state index is 0.120. The van der Waals surface area contributed by atoms with Crippen molar-refractivity contribution in [1.29, 1.82) is 0 Å². The van der Waals surface area contributed by atoms with Gasteiger partial charge in [0.15, 0.2) is 0 Å². The third kappa shape index (κ3) is 4.56. The molecule has 2 N–H and O–H groups in total. The van der Waals surface area contributed by atoms with E-state index < -0.39 is 0 Å². The number of carbonyl (C=O) groups excluding carboxylic acids is 1. The van der Waals surface area contributed by atoms with Gasteiger partial charge in [-0.05, 0) is 5.56 Å². The molecule has 19 heavy (non-hydrogen) atoms. The zero-order valence-electron chi connectivity index (χ0n) is 10.1. The molecule has 0 aliphatic carbocycles. The Balaban J connectivity index is 1.74. The van der Waals surface area contributed by atoms with Crippen molar-refractivity contribution in [2.45, 2.75) is 6.54 Å². The normalized spacial score (nSPS) is 9.95. The number of aromatic nitrogens is 2. The molecule has 1 heterocycles. The minimum Gasteiger partial charge on any atom is -0.350 e. The maximum Gasteiger partial charge on any atom is 0.239 e. The van der Waals surface area contributed by atoms with Crippen molar-refractivity contribution in [3.8, 4) is 0 Å². The largest absolute Gasteiger partial charge is 0.350 e. The van der Waals surface area contributed by atoms with Crippen LogP contribution < -0.4 is 10.6 Å². The van der Waals surface area contributed by atoms with Crippen molar-refractivity contribution in [3.05, 3.63) is 53.3 Å². The van der Waals surface area contributed by atoms with Crippen LogP contribution in [0.15, 0.2) is 42.7 Å². The maximum absolute atomic E-state index is 11.6. The molecular formula is C13H13ClN4O. The van der Waals surface area contributed by atoms with Crippen molar-refractivity contribution >= 4 is 23.5 Å². The highest BCUT2D eigenvalue weighted by Gasteiger charge is 2.02. The molecule has 0 radical (unpaired) electrons. The van der Waals surface area contributed by atoms with Crippen LogP contribution in [0.5, 0.6) is 0 Å². The van der Waals surface area contributed by atoms with Crippen LogP contribution in [0.25, 0.3) is 0 Å². The zero-order chi connectivity index (χ0) is 13.5. The summed E-state index contributed by atoms with van der Waals surface area (Å²) in [6.45, 7) is 0.622. The van der Waals surface area contributed by atoms with Gasteiger partial charge in [-0.1, -0.05) is 41.9 Å². The summed E-state index contributed by atoms with van der Waals surface area (Å²) >= 11 is 5.66. The predicted molar refractivity (Wildman–Crippen MR) is 73.8 cm³/mol.